The molecule has 3 aromatic rings. The van der Waals surface area contributed by atoms with Crippen molar-refractivity contribution in [2.75, 3.05) is 18.5 Å². The Morgan fingerprint density at radius 1 is 1.24 bits per heavy atom. The van der Waals surface area contributed by atoms with Gasteiger partial charge in [0.15, 0.2) is 12.4 Å². The first-order chi connectivity index (χ1) is 13.7. The van der Waals surface area contributed by atoms with Crippen molar-refractivity contribution in [2.24, 2.45) is 12.8 Å². The van der Waals surface area contributed by atoms with Crippen LogP contribution in [0.3, 0.4) is 0 Å². The first kappa shape index (κ1) is 20.6. The predicted molar refractivity (Wildman–Crippen MR) is 100.0 cm³/mol. The SMILES string of the molecule is Cn1nc(NC(=O)CCN)c2ccc(-c3cc(F)ccc3OCC(F)(F)F)cc21. The highest BCUT2D eigenvalue weighted by atomic mass is 19.4. The van der Waals surface area contributed by atoms with Crippen molar-refractivity contribution in [3.63, 3.8) is 0 Å². The first-order valence-corrected chi connectivity index (χ1v) is 8.64. The Labute approximate surface area is 163 Å². The first-order valence-electron chi connectivity index (χ1n) is 8.64. The fourth-order valence-electron chi connectivity index (χ4n) is 2.86. The molecule has 3 N–H and O–H groups in total. The molecule has 3 rings (SSSR count). The molecule has 10 heteroatoms. The van der Waals surface area contributed by atoms with E-state index in [-0.39, 0.29) is 30.2 Å². The Morgan fingerprint density at radius 2 is 2.00 bits per heavy atom. The fourth-order valence-corrected chi connectivity index (χ4v) is 2.86. The van der Waals surface area contributed by atoms with Crippen LogP contribution < -0.4 is 15.8 Å². The summed E-state index contributed by atoms with van der Waals surface area (Å²) in [6, 6.07) is 8.17. The third-order valence-electron chi connectivity index (χ3n) is 4.12. The van der Waals surface area contributed by atoms with E-state index in [1.165, 1.54) is 4.68 Å². The smallest absolute Gasteiger partial charge is 0.422 e. The van der Waals surface area contributed by atoms with Crippen LogP contribution in [-0.2, 0) is 11.8 Å². The summed E-state index contributed by atoms with van der Waals surface area (Å²) < 4.78 is 57.7. The van der Waals surface area contributed by atoms with Gasteiger partial charge in [0, 0.05) is 31.0 Å². The number of nitrogens with two attached hydrogens (primary N) is 1. The Kier molecular flexibility index (Phi) is 5.73. The van der Waals surface area contributed by atoms with Gasteiger partial charge in [0.25, 0.3) is 0 Å². The molecule has 0 aliphatic carbocycles. The van der Waals surface area contributed by atoms with Crippen molar-refractivity contribution >= 4 is 22.6 Å². The number of halogens is 4. The maximum Gasteiger partial charge on any atom is 0.422 e. The number of hydrogen-bond acceptors (Lipinski definition) is 4. The van der Waals surface area contributed by atoms with Gasteiger partial charge in [0.05, 0.1) is 5.52 Å². The van der Waals surface area contributed by atoms with Crippen molar-refractivity contribution in [1.29, 1.82) is 0 Å². The van der Waals surface area contributed by atoms with Crippen LogP contribution in [0.15, 0.2) is 36.4 Å². The quantitative estimate of drug-likeness (QED) is 0.609. The molecule has 2 aromatic carbocycles. The lowest BCUT2D eigenvalue weighted by Gasteiger charge is -2.14. The lowest BCUT2D eigenvalue weighted by Crippen LogP contribution is -2.19. The topological polar surface area (TPSA) is 82.2 Å². The van der Waals surface area contributed by atoms with Crippen molar-refractivity contribution in [2.45, 2.75) is 12.6 Å². The number of anilines is 1. The monoisotopic (exact) mass is 410 g/mol. The number of aryl methyl sites for hydroxylation is 1. The van der Waals surface area contributed by atoms with E-state index in [9.17, 15) is 22.4 Å². The summed E-state index contributed by atoms with van der Waals surface area (Å²) in [7, 11) is 1.65. The zero-order chi connectivity index (χ0) is 21.2. The molecule has 29 heavy (non-hydrogen) atoms. The van der Waals surface area contributed by atoms with Crippen LogP contribution in [-0.4, -0.2) is 35.0 Å². The van der Waals surface area contributed by atoms with Gasteiger partial charge in [-0.2, -0.15) is 18.3 Å². The number of fused-ring (bicyclic) bond motifs is 1. The standard InChI is InChI=1S/C19H18F4N4O2/c1-27-15-8-11(2-4-13(15)18(26-27)25-17(28)6-7-24)14-9-12(20)3-5-16(14)29-10-19(21,22)23/h2-5,8-9H,6-7,10,24H2,1H3,(H,25,26,28). The Morgan fingerprint density at radius 3 is 2.69 bits per heavy atom. The maximum atomic E-state index is 13.8. The molecule has 154 valence electrons. The number of ether oxygens (including phenoxy) is 1. The van der Waals surface area contributed by atoms with Crippen molar-refractivity contribution < 1.29 is 27.1 Å². The molecular weight excluding hydrogens is 392 g/mol. The predicted octanol–water partition coefficient (Wildman–Crippen LogP) is 3.61. The molecule has 0 radical (unpaired) electrons. The lowest BCUT2D eigenvalue weighted by atomic mass is 10.0. The van der Waals surface area contributed by atoms with Gasteiger partial charge in [-0.1, -0.05) is 6.07 Å². The fraction of sp³-hybridized carbons (Fsp3) is 0.263. The summed E-state index contributed by atoms with van der Waals surface area (Å²) >= 11 is 0. The Hall–Kier alpha value is -3.14. The molecule has 0 aliphatic rings. The van der Waals surface area contributed by atoms with Crippen molar-refractivity contribution in [3.05, 3.63) is 42.2 Å². The third kappa shape index (κ3) is 4.83. The molecule has 0 spiro atoms. The molecule has 0 atom stereocenters. The molecule has 0 saturated carbocycles. The molecule has 0 saturated heterocycles. The van der Waals surface area contributed by atoms with E-state index >= 15 is 0 Å². The summed E-state index contributed by atoms with van der Waals surface area (Å²) in [5, 5.41) is 7.53. The highest BCUT2D eigenvalue weighted by molar-refractivity contribution is 6.01. The number of nitrogens with zero attached hydrogens (tertiary/aromatic N) is 2. The van der Waals surface area contributed by atoms with E-state index in [4.69, 9.17) is 10.5 Å². The normalized spacial score (nSPS) is 11.7. The molecule has 1 aromatic heterocycles. The minimum Gasteiger partial charge on any atom is -0.483 e. The van der Waals surface area contributed by atoms with Gasteiger partial charge in [-0.3, -0.25) is 9.48 Å². The van der Waals surface area contributed by atoms with Crippen molar-refractivity contribution in [3.8, 4) is 16.9 Å². The Bertz CT molecular complexity index is 1050. The summed E-state index contributed by atoms with van der Waals surface area (Å²) in [6.45, 7) is -1.29. The minimum absolute atomic E-state index is 0.0956. The zero-order valence-corrected chi connectivity index (χ0v) is 15.4. The largest absolute Gasteiger partial charge is 0.483 e. The zero-order valence-electron chi connectivity index (χ0n) is 15.4. The van der Waals surface area contributed by atoms with Gasteiger partial charge in [0.1, 0.15) is 11.6 Å². The number of alkyl halides is 3. The third-order valence-corrected chi connectivity index (χ3v) is 4.12. The van der Waals surface area contributed by atoms with Crippen LogP contribution >= 0.6 is 0 Å². The van der Waals surface area contributed by atoms with Crippen LogP contribution in [0.5, 0.6) is 5.75 Å². The molecule has 1 heterocycles. The number of benzene rings is 2. The van der Waals surface area contributed by atoms with Crippen molar-refractivity contribution in [1.82, 2.24) is 9.78 Å². The van der Waals surface area contributed by atoms with Crippen LogP contribution in [0.2, 0.25) is 0 Å². The summed E-state index contributed by atoms with van der Waals surface area (Å²) in [5.41, 5.74) is 6.57. The maximum absolute atomic E-state index is 13.8. The summed E-state index contributed by atoms with van der Waals surface area (Å²) in [4.78, 5) is 11.8. The van der Waals surface area contributed by atoms with Gasteiger partial charge in [-0.25, -0.2) is 4.39 Å². The second-order valence-electron chi connectivity index (χ2n) is 6.34. The second-order valence-corrected chi connectivity index (χ2v) is 6.34. The molecule has 0 aliphatic heterocycles. The molecule has 0 unspecified atom stereocenters. The number of carbonyl (C=O) groups is 1. The van der Waals surface area contributed by atoms with Gasteiger partial charge in [-0.15, -0.1) is 0 Å². The average molecular weight is 410 g/mol. The van der Waals surface area contributed by atoms with Gasteiger partial charge in [-0.05, 0) is 35.9 Å². The van der Waals surface area contributed by atoms with E-state index < -0.39 is 18.6 Å². The van der Waals surface area contributed by atoms with Crippen LogP contribution in [0, 0.1) is 5.82 Å². The van der Waals surface area contributed by atoms with Crippen LogP contribution in [0.4, 0.5) is 23.4 Å². The molecule has 0 fully saturated rings. The number of rotatable bonds is 6. The molecular formula is C19H18F4N4O2. The number of carbonyl (C=O) groups excluding carboxylic acids is 1. The van der Waals surface area contributed by atoms with Crippen LogP contribution in [0.1, 0.15) is 6.42 Å². The van der Waals surface area contributed by atoms with Crippen LogP contribution in [0.25, 0.3) is 22.0 Å². The van der Waals surface area contributed by atoms with E-state index in [1.54, 1.807) is 25.2 Å². The number of hydrogen-bond donors (Lipinski definition) is 2. The van der Waals surface area contributed by atoms with E-state index in [2.05, 4.69) is 10.4 Å². The van der Waals surface area contributed by atoms with Gasteiger partial charge in [0.2, 0.25) is 5.91 Å². The summed E-state index contributed by atoms with van der Waals surface area (Å²) in [5.74, 6) is -0.661. The average Bonchev–Trinajstić information content (AvgIpc) is 2.95. The summed E-state index contributed by atoms with van der Waals surface area (Å²) in [6.07, 6.45) is -4.38. The highest BCUT2D eigenvalue weighted by Gasteiger charge is 2.29. The number of amides is 1. The minimum atomic E-state index is -4.52. The van der Waals surface area contributed by atoms with Gasteiger partial charge < -0.3 is 15.8 Å². The van der Waals surface area contributed by atoms with E-state index in [1.807, 2.05) is 0 Å². The number of aromatic nitrogens is 2. The second kappa shape index (κ2) is 8.08. The van der Waals surface area contributed by atoms with Gasteiger partial charge >= 0.3 is 6.18 Å². The Balaban J connectivity index is 2.00. The lowest BCUT2D eigenvalue weighted by molar-refractivity contribution is -0.153. The van der Waals surface area contributed by atoms with E-state index in [0.717, 1.165) is 18.2 Å². The molecule has 1 amide bonds. The highest BCUT2D eigenvalue weighted by Crippen LogP contribution is 2.35. The van der Waals surface area contributed by atoms with E-state index in [0.29, 0.717) is 22.3 Å². The molecule has 6 nitrogen and oxygen atoms in total. The molecule has 0 bridgehead atoms. The number of nitrogens with one attached hydrogen (secondary N) is 1.